The zero-order valence-corrected chi connectivity index (χ0v) is 25.7. The van der Waals surface area contributed by atoms with Crippen LogP contribution >= 0.6 is 0 Å². The van der Waals surface area contributed by atoms with Crippen molar-refractivity contribution in [1.29, 1.82) is 0 Å². The molecule has 0 aliphatic heterocycles. The van der Waals surface area contributed by atoms with Crippen LogP contribution in [0.5, 0.6) is 12.0 Å². The summed E-state index contributed by atoms with van der Waals surface area (Å²) in [7, 11) is 6.69. The summed E-state index contributed by atoms with van der Waals surface area (Å²) in [5, 5.41) is 6.10. The lowest BCUT2D eigenvalue weighted by Crippen LogP contribution is -2.30. The maximum absolute atomic E-state index is 12.1. The van der Waals surface area contributed by atoms with Crippen LogP contribution in [0, 0.1) is 0 Å². The number of anilines is 6. The van der Waals surface area contributed by atoms with Gasteiger partial charge in [-0.05, 0) is 12.1 Å². The second-order valence-corrected chi connectivity index (χ2v) is 9.06. The van der Waals surface area contributed by atoms with Crippen molar-refractivity contribution < 1.29 is 48.5 Å². The highest BCUT2D eigenvalue weighted by atomic mass is 17.3. The lowest BCUT2D eigenvalue weighted by molar-refractivity contribution is -0.254. The number of hydrogen-bond donors (Lipinski definition) is 6. The molecule has 0 amide bonds. The van der Waals surface area contributed by atoms with Crippen molar-refractivity contribution in [1.82, 2.24) is 29.9 Å². The van der Waals surface area contributed by atoms with E-state index in [0.717, 1.165) is 24.7 Å². The van der Waals surface area contributed by atoms with Crippen LogP contribution in [0.15, 0.2) is 48.9 Å². The summed E-state index contributed by atoms with van der Waals surface area (Å²) < 4.78 is 11.1. The molecule has 0 saturated heterocycles. The molecule has 0 aliphatic rings. The van der Waals surface area contributed by atoms with Crippen molar-refractivity contribution in [2.24, 2.45) is 23.6 Å². The molecule has 0 fully saturated rings. The minimum atomic E-state index is -1.46. The highest BCUT2D eigenvalue weighted by molar-refractivity contribution is 5.78. The third-order valence-corrected chi connectivity index (χ3v) is 5.32. The second kappa shape index (κ2) is 18.1. The van der Waals surface area contributed by atoms with Crippen LogP contribution in [0.4, 0.5) is 35.2 Å². The van der Waals surface area contributed by atoms with E-state index < -0.39 is 24.1 Å². The number of carbonyl (C=O) groups excluding carboxylic acids is 2. The molecule has 0 radical (unpaired) electrons. The van der Waals surface area contributed by atoms with Gasteiger partial charge in [-0.3, -0.25) is 0 Å². The third-order valence-electron chi connectivity index (χ3n) is 5.32. The number of benzene rings is 1. The zero-order chi connectivity index (χ0) is 35.1. The molecule has 0 bridgehead atoms. The summed E-state index contributed by atoms with van der Waals surface area (Å²) in [5.41, 5.74) is 0.845. The van der Waals surface area contributed by atoms with Gasteiger partial charge < -0.3 is 49.4 Å². The normalized spacial score (nSPS) is 12.2. The number of hydrogen-bond acceptors (Lipinski definition) is 24. The predicted octanol–water partition coefficient (Wildman–Crippen LogP) is -1.32. The van der Waals surface area contributed by atoms with Crippen LogP contribution in [0.1, 0.15) is 0 Å². The van der Waals surface area contributed by atoms with Crippen LogP contribution in [0.25, 0.3) is 0 Å². The van der Waals surface area contributed by atoms with Crippen molar-refractivity contribution in [3.05, 3.63) is 48.9 Å². The van der Waals surface area contributed by atoms with Crippen LogP contribution < -0.4 is 53.5 Å². The number of nitrogens with zero attached hydrogens (tertiary/aromatic N) is 8. The van der Waals surface area contributed by atoms with Gasteiger partial charge in [0.1, 0.15) is 12.5 Å². The zero-order valence-electron chi connectivity index (χ0n) is 25.7. The van der Waals surface area contributed by atoms with E-state index in [-0.39, 0.29) is 35.8 Å². The van der Waals surface area contributed by atoms with E-state index in [2.05, 4.69) is 70.0 Å². The van der Waals surface area contributed by atoms with Gasteiger partial charge in [0.2, 0.25) is 36.0 Å². The second-order valence-electron chi connectivity index (χ2n) is 9.06. The Morgan fingerprint density at radius 3 is 1.40 bits per heavy atom. The predicted molar refractivity (Wildman–Crippen MR) is 162 cm³/mol. The van der Waals surface area contributed by atoms with Gasteiger partial charge in [-0.1, -0.05) is 22.1 Å². The van der Waals surface area contributed by atoms with E-state index in [9.17, 15) is 9.59 Å². The number of para-hydroxylation sites is 2. The summed E-state index contributed by atoms with van der Waals surface area (Å²) >= 11 is 0. The van der Waals surface area contributed by atoms with Crippen LogP contribution in [-0.4, -0.2) is 82.2 Å². The Labute approximate surface area is 271 Å². The fourth-order valence-corrected chi connectivity index (χ4v) is 3.22. The van der Waals surface area contributed by atoms with Crippen molar-refractivity contribution in [2.45, 2.75) is 12.2 Å². The van der Waals surface area contributed by atoms with Crippen molar-refractivity contribution in [2.75, 3.05) is 48.6 Å². The first-order chi connectivity index (χ1) is 23.1. The topological polar surface area (TPSA) is 320 Å². The van der Waals surface area contributed by atoms with Crippen molar-refractivity contribution >= 4 is 47.1 Å². The molecule has 10 N–H and O–H groups in total. The molecule has 1 aromatic carbocycles. The molecule has 3 aromatic rings. The summed E-state index contributed by atoms with van der Waals surface area (Å²) in [4.78, 5) is 78.3. The van der Waals surface area contributed by atoms with E-state index in [1.54, 1.807) is 62.3 Å². The molecule has 24 nitrogen and oxygen atoms in total. The monoisotopic (exact) mass is 676 g/mol. The average Bonchev–Trinajstić information content (AvgIpc) is 3.07. The van der Waals surface area contributed by atoms with Gasteiger partial charge in [0.05, 0.1) is 11.4 Å². The summed E-state index contributed by atoms with van der Waals surface area (Å²) in [6.07, 6.45) is 1.09. The van der Waals surface area contributed by atoms with Gasteiger partial charge in [-0.2, -0.15) is 53.5 Å². The molecule has 0 saturated carbocycles. The number of carbonyl (C=O) groups is 2. The minimum absolute atomic E-state index is 0.00408. The molecule has 3 rings (SSSR count). The van der Waals surface area contributed by atoms with Crippen molar-refractivity contribution in [3.8, 4) is 12.0 Å². The van der Waals surface area contributed by atoms with E-state index in [1.165, 1.54) is 0 Å². The maximum atomic E-state index is 12.1. The largest absolute Gasteiger partial charge is 0.443 e. The molecular formula is C24H32N14O10. The number of ether oxygens (including phenoxy) is 2. The molecule has 2 aromatic heterocycles. The van der Waals surface area contributed by atoms with E-state index in [4.69, 9.17) is 33.1 Å². The maximum Gasteiger partial charge on any atom is 0.370 e. The van der Waals surface area contributed by atoms with Gasteiger partial charge in [0.15, 0.2) is 0 Å². The lowest BCUT2D eigenvalue weighted by atomic mass is 10.2. The molecule has 2 unspecified atom stereocenters. The number of nitrogens with one attached hydrogen (secondary N) is 2. The van der Waals surface area contributed by atoms with Crippen LogP contribution in [0.3, 0.4) is 0 Å². The quantitative estimate of drug-likeness (QED) is 0.0516. The first-order valence-electron chi connectivity index (χ1n) is 13.1. The van der Waals surface area contributed by atoms with Crippen LogP contribution in [0.2, 0.25) is 0 Å². The Morgan fingerprint density at radius 1 is 0.667 bits per heavy atom. The summed E-state index contributed by atoms with van der Waals surface area (Å²) in [5.74, 6) is 17.9. The first-order valence-corrected chi connectivity index (χ1v) is 13.1. The fourth-order valence-electron chi connectivity index (χ4n) is 3.22. The lowest BCUT2D eigenvalue weighted by Gasteiger charge is -2.18. The molecule has 24 heteroatoms. The molecular weight excluding hydrogens is 644 g/mol. The van der Waals surface area contributed by atoms with E-state index in [1.807, 2.05) is 0 Å². The van der Waals surface area contributed by atoms with E-state index in [0.29, 0.717) is 11.4 Å². The highest BCUT2D eigenvalue weighted by Gasteiger charge is 2.24. The number of nitrogens with two attached hydrogens (primary N) is 4. The standard InChI is InChI=1S/C24H32N14O10/c1-37(2)21-31-19(33-23(35-21)43-15(17(39)45-25)9-11-41-47-27)29-13-7-5-6-8-14(13)30-20-32-22(38(3)4)36-24(34-20)44-16(18(40)46-26)10-12-42-48-28/h5-12,15-16H,25-28H2,1-4H3,(H,29,31,33,35)(H,30,32,34,36)/b11-9-,12-10-. The summed E-state index contributed by atoms with van der Waals surface area (Å²) in [6.45, 7) is 0. The average molecular weight is 677 g/mol. The Kier molecular flexibility index (Phi) is 13.7. The van der Waals surface area contributed by atoms with Gasteiger partial charge >= 0.3 is 24.0 Å². The van der Waals surface area contributed by atoms with Gasteiger partial charge in [-0.15, -0.1) is 0 Å². The Bertz CT molecular complexity index is 1460. The minimum Gasteiger partial charge on any atom is -0.443 e. The van der Waals surface area contributed by atoms with Crippen molar-refractivity contribution in [3.63, 3.8) is 0 Å². The number of aromatic nitrogens is 6. The molecule has 2 heterocycles. The van der Waals surface area contributed by atoms with Gasteiger partial charge in [0, 0.05) is 40.3 Å². The highest BCUT2D eigenvalue weighted by Crippen LogP contribution is 2.28. The molecule has 48 heavy (non-hydrogen) atoms. The van der Waals surface area contributed by atoms with Gasteiger partial charge in [-0.25, -0.2) is 9.59 Å². The SMILES string of the molecule is CN(C)c1nc(Nc2ccccc2Nc2nc(OC(/C=C\OON)C(=O)ON)nc(N(C)C)n2)nc(OC(/C=C\OON)C(=O)ON)n1. The van der Waals surface area contributed by atoms with Gasteiger partial charge in [0.25, 0.3) is 0 Å². The van der Waals surface area contributed by atoms with E-state index >= 15 is 0 Å². The summed E-state index contributed by atoms with van der Waals surface area (Å²) in [6, 6.07) is 6.24. The third kappa shape index (κ3) is 10.7. The smallest absolute Gasteiger partial charge is 0.370 e. The Hall–Kier alpha value is -6.18. The molecule has 0 spiro atoms. The first kappa shape index (κ1) is 36.3. The number of rotatable bonds is 18. The van der Waals surface area contributed by atoms with Crippen LogP contribution in [-0.2, 0) is 39.0 Å². The molecule has 0 aliphatic carbocycles. The fraction of sp³-hybridized carbons (Fsp3) is 0.250. The Balaban J connectivity index is 1.95. The Morgan fingerprint density at radius 2 is 1.06 bits per heavy atom. The molecule has 258 valence electrons. The molecule has 2 atom stereocenters.